The summed E-state index contributed by atoms with van der Waals surface area (Å²) < 4.78 is 10.5. The summed E-state index contributed by atoms with van der Waals surface area (Å²) in [5.41, 5.74) is 1.77. The Hall–Kier alpha value is -2.27. The number of benzene rings is 1. The van der Waals surface area contributed by atoms with E-state index in [2.05, 4.69) is 10.3 Å². The van der Waals surface area contributed by atoms with Crippen LogP contribution in [0.3, 0.4) is 0 Å². The topological polar surface area (TPSA) is 60.5 Å². The summed E-state index contributed by atoms with van der Waals surface area (Å²) in [6.07, 6.45) is 0. The first-order valence-corrected chi connectivity index (χ1v) is 6.35. The zero-order valence-electron chi connectivity index (χ0n) is 10.6. The lowest BCUT2D eigenvalue weighted by atomic mass is 10.2. The van der Waals surface area contributed by atoms with E-state index in [0.29, 0.717) is 33.6 Å². The Kier molecular flexibility index (Phi) is 3.20. The number of halogens is 1. The van der Waals surface area contributed by atoms with Crippen LogP contribution >= 0.6 is 11.6 Å². The van der Waals surface area contributed by atoms with E-state index in [1.54, 1.807) is 37.3 Å². The summed E-state index contributed by atoms with van der Waals surface area (Å²) in [5, 5.41) is 3.18. The van der Waals surface area contributed by atoms with Gasteiger partial charge in [0.2, 0.25) is 6.79 Å². The van der Waals surface area contributed by atoms with Crippen molar-refractivity contribution >= 4 is 23.2 Å². The van der Waals surface area contributed by atoms with Gasteiger partial charge in [-0.05, 0) is 37.3 Å². The molecule has 6 heteroatoms. The molecule has 102 valence electrons. The van der Waals surface area contributed by atoms with Crippen LogP contribution < -0.4 is 14.8 Å². The number of fused-ring (bicyclic) bond motifs is 1. The average molecular weight is 291 g/mol. The Labute approximate surface area is 120 Å². The van der Waals surface area contributed by atoms with Crippen molar-refractivity contribution < 1.29 is 14.3 Å². The molecule has 2 aromatic rings. The van der Waals surface area contributed by atoms with Crippen molar-refractivity contribution in [1.82, 2.24) is 4.98 Å². The van der Waals surface area contributed by atoms with E-state index in [4.69, 9.17) is 21.1 Å². The SMILES string of the molecule is Cc1nc(Cl)ccc1NC(=O)c1ccc2c(c1)OCO2. The third-order valence-electron chi connectivity index (χ3n) is 2.93. The number of nitrogens with zero attached hydrogens (tertiary/aromatic N) is 1. The number of pyridine rings is 1. The summed E-state index contributed by atoms with van der Waals surface area (Å²) in [4.78, 5) is 16.3. The molecule has 0 saturated carbocycles. The van der Waals surface area contributed by atoms with Crippen LogP contribution in [0.4, 0.5) is 5.69 Å². The van der Waals surface area contributed by atoms with Gasteiger partial charge in [-0.1, -0.05) is 11.6 Å². The molecule has 0 atom stereocenters. The lowest BCUT2D eigenvalue weighted by molar-refractivity contribution is 0.102. The van der Waals surface area contributed by atoms with Crippen LogP contribution in [0.2, 0.25) is 5.15 Å². The normalized spacial score (nSPS) is 12.3. The van der Waals surface area contributed by atoms with Gasteiger partial charge in [0, 0.05) is 5.56 Å². The minimum Gasteiger partial charge on any atom is -0.454 e. The minimum atomic E-state index is -0.240. The maximum atomic E-state index is 12.2. The Balaban J connectivity index is 1.82. The molecule has 0 aliphatic carbocycles. The quantitative estimate of drug-likeness (QED) is 0.864. The lowest BCUT2D eigenvalue weighted by Crippen LogP contribution is -2.13. The molecule has 1 N–H and O–H groups in total. The first-order chi connectivity index (χ1) is 9.63. The smallest absolute Gasteiger partial charge is 0.255 e. The Morgan fingerprint density at radius 3 is 2.85 bits per heavy atom. The molecule has 0 bridgehead atoms. The number of amides is 1. The van der Waals surface area contributed by atoms with Gasteiger partial charge in [-0.15, -0.1) is 0 Å². The monoisotopic (exact) mass is 290 g/mol. The second-order valence-corrected chi connectivity index (χ2v) is 4.68. The summed E-state index contributed by atoms with van der Waals surface area (Å²) in [7, 11) is 0. The Morgan fingerprint density at radius 2 is 2.05 bits per heavy atom. The van der Waals surface area contributed by atoms with Gasteiger partial charge in [0.15, 0.2) is 11.5 Å². The first kappa shape index (κ1) is 12.7. The van der Waals surface area contributed by atoms with Gasteiger partial charge in [-0.3, -0.25) is 4.79 Å². The molecule has 3 rings (SSSR count). The number of carbonyl (C=O) groups is 1. The van der Waals surface area contributed by atoms with Gasteiger partial charge in [0.05, 0.1) is 11.4 Å². The zero-order chi connectivity index (χ0) is 14.1. The zero-order valence-corrected chi connectivity index (χ0v) is 11.4. The Morgan fingerprint density at radius 1 is 1.25 bits per heavy atom. The number of anilines is 1. The first-order valence-electron chi connectivity index (χ1n) is 5.97. The number of carbonyl (C=O) groups excluding carboxylic acids is 1. The van der Waals surface area contributed by atoms with Crippen LogP contribution in [0.5, 0.6) is 11.5 Å². The fourth-order valence-electron chi connectivity index (χ4n) is 1.89. The number of nitrogens with one attached hydrogen (secondary N) is 1. The number of aromatic nitrogens is 1. The van der Waals surface area contributed by atoms with Crippen molar-refractivity contribution in [1.29, 1.82) is 0 Å². The molecule has 0 fully saturated rings. The highest BCUT2D eigenvalue weighted by Crippen LogP contribution is 2.32. The van der Waals surface area contributed by atoms with E-state index in [1.165, 1.54) is 0 Å². The van der Waals surface area contributed by atoms with E-state index in [-0.39, 0.29) is 12.7 Å². The Bertz CT molecular complexity index is 688. The molecule has 0 saturated heterocycles. The highest BCUT2D eigenvalue weighted by Gasteiger charge is 2.16. The van der Waals surface area contributed by atoms with Crippen molar-refractivity contribution in [3.05, 3.63) is 46.7 Å². The van der Waals surface area contributed by atoms with Gasteiger partial charge in [0.1, 0.15) is 5.15 Å². The van der Waals surface area contributed by atoms with Crippen LogP contribution in [0.25, 0.3) is 0 Å². The maximum Gasteiger partial charge on any atom is 0.255 e. The van der Waals surface area contributed by atoms with Crippen LogP contribution in [0.1, 0.15) is 16.1 Å². The molecule has 0 spiro atoms. The molecule has 1 aliphatic rings. The summed E-state index contributed by atoms with van der Waals surface area (Å²) >= 11 is 5.78. The fraction of sp³-hybridized carbons (Fsp3) is 0.143. The molecule has 0 unspecified atom stereocenters. The largest absolute Gasteiger partial charge is 0.454 e. The predicted octanol–water partition coefficient (Wildman–Crippen LogP) is 3.02. The van der Waals surface area contributed by atoms with E-state index in [0.717, 1.165) is 0 Å². The summed E-state index contributed by atoms with van der Waals surface area (Å²) in [5.74, 6) is 0.977. The van der Waals surface area contributed by atoms with Gasteiger partial charge < -0.3 is 14.8 Å². The number of hydrogen-bond donors (Lipinski definition) is 1. The number of ether oxygens (including phenoxy) is 2. The van der Waals surface area contributed by atoms with E-state index in [9.17, 15) is 4.79 Å². The van der Waals surface area contributed by atoms with Gasteiger partial charge in [0.25, 0.3) is 5.91 Å². The summed E-state index contributed by atoms with van der Waals surface area (Å²) in [6.45, 7) is 1.96. The minimum absolute atomic E-state index is 0.181. The van der Waals surface area contributed by atoms with Gasteiger partial charge in [-0.25, -0.2) is 4.98 Å². The molecule has 20 heavy (non-hydrogen) atoms. The molecule has 2 heterocycles. The summed E-state index contributed by atoms with van der Waals surface area (Å²) in [6, 6.07) is 8.39. The number of rotatable bonds is 2. The van der Waals surface area contributed by atoms with Crippen LogP contribution in [0.15, 0.2) is 30.3 Å². The highest BCUT2D eigenvalue weighted by atomic mass is 35.5. The standard InChI is InChI=1S/C14H11ClN2O3/c1-8-10(3-5-13(15)16-8)17-14(18)9-2-4-11-12(6-9)20-7-19-11/h2-6H,7H2,1H3,(H,17,18). The average Bonchev–Trinajstić information content (AvgIpc) is 2.89. The third kappa shape index (κ3) is 2.40. The van der Waals surface area contributed by atoms with Crippen LogP contribution in [-0.4, -0.2) is 17.7 Å². The molecule has 5 nitrogen and oxygen atoms in total. The molecular formula is C14H11ClN2O3. The lowest BCUT2D eigenvalue weighted by Gasteiger charge is -2.08. The van der Waals surface area contributed by atoms with Crippen molar-refractivity contribution in [3.8, 4) is 11.5 Å². The van der Waals surface area contributed by atoms with E-state index in [1.807, 2.05) is 0 Å². The predicted molar refractivity (Wildman–Crippen MR) is 74.5 cm³/mol. The van der Waals surface area contributed by atoms with Crippen molar-refractivity contribution in [2.24, 2.45) is 0 Å². The van der Waals surface area contributed by atoms with Crippen molar-refractivity contribution in [3.63, 3.8) is 0 Å². The molecule has 1 amide bonds. The maximum absolute atomic E-state index is 12.2. The molecule has 1 aromatic carbocycles. The highest BCUT2D eigenvalue weighted by molar-refractivity contribution is 6.29. The number of aryl methyl sites for hydroxylation is 1. The van der Waals surface area contributed by atoms with Crippen molar-refractivity contribution in [2.45, 2.75) is 6.92 Å². The van der Waals surface area contributed by atoms with Gasteiger partial charge >= 0.3 is 0 Å². The van der Waals surface area contributed by atoms with Crippen molar-refractivity contribution in [2.75, 3.05) is 12.1 Å². The van der Waals surface area contributed by atoms with E-state index >= 15 is 0 Å². The van der Waals surface area contributed by atoms with E-state index < -0.39 is 0 Å². The van der Waals surface area contributed by atoms with Gasteiger partial charge in [-0.2, -0.15) is 0 Å². The van der Waals surface area contributed by atoms with Crippen LogP contribution in [-0.2, 0) is 0 Å². The fourth-order valence-corrected chi connectivity index (χ4v) is 2.08. The molecule has 1 aromatic heterocycles. The molecular weight excluding hydrogens is 280 g/mol. The van der Waals surface area contributed by atoms with Crippen LogP contribution in [0, 0.1) is 6.92 Å². The molecule has 0 radical (unpaired) electrons. The molecule has 1 aliphatic heterocycles. The second kappa shape index (κ2) is 5.02. The third-order valence-corrected chi connectivity index (χ3v) is 3.15. The number of hydrogen-bond acceptors (Lipinski definition) is 4. The second-order valence-electron chi connectivity index (χ2n) is 4.29.